The van der Waals surface area contributed by atoms with Crippen LogP contribution in [0, 0.1) is 6.92 Å². The molecule has 5 heteroatoms. The van der Waals surface area contributed by atoms with E-state index in [4.69, 9.17) is 15.4 Å². The van der Waals surface area contributed by atoms with Crippen LogP contribution in [-0.2, 0) is 10.2 Å². The van der Waals surface area contributed by atoms with Gasteiger partial charge in [0, 0.05) is 6.07 Å². The smallest absolute Gasteiger partial charge is 0.321 e. The summed E-state index contributed by atoms with van der Waals surface area (Å²) in [7, 11) is 0. The number of carboxylic acid groups (broad SMARTS) is 1. The van der Waals surface area contributed by atoms with Gasteiger partial charge in [-0.3, -0.25) is 4.79 Å². The SMILES string of the molecule is Cc1cc(C(C)(C)C(N)C(=O)O)on1. The molecule has 14 heavy (non-hydrogen) atoms. The van der Waals surface area contributed by atoms with Gasteiger partial charge in [-0.05, 0) is 6.92 Å². The van der Waals surface area contributed by atoms with Crippen molar-refractivity contribution in [3.8, 4) is 0 Å². The summed E-state index contributed by atoms with van der Waals surface area (Å²) in [5, 5.41) is 12.5. The first-order chi connectivity index (χ1) is 6.35. The summed E-state index contributed by atoms with van der Waals surface area (Å²) in [5.41, 5.74) is 5.50. The van der Waals surface area contributed by atoms with Gasteiger partial charge in [-0.25, -0.2) is 0 Å². The molecule has 78 valence electrons. The number of carbonyl (C=O) groups is 1. The van der Waals surface area contributed by atoms with Crippen LogP contribution in [0.3, 0.4) is 0 Å². The molecule has 0 bridgehead atoms. The second-order valence-electron chi connectivity index (χ2n) is 3.87. The van der Waals surface area contributed by atoms with Crippen molar-refractivity contribution in [1.29, 1.82) is 0 Å². The van der Waals surface area contributed by atoms with E-state index in [-0.39, 0.29) is 0 Å². The van der Waals surface area contributed by atoms with E-state index >= 15 is 0 Å². The molecule has 1 aromatic rings. The van der Waals surface area contributed by atoms with E-state index < -0.39 is 17.4 Å². The number of aromatic nitrogens is 1. The van der Waals surface area contributed by atoms with Gasteiger partial charge in [-0.1, -0.05) is 19.0 Å². The van der Waals surface area contributed by atoms with Crippen LogP contribution in [0.5, 0.6) is 0 Å². The van der Waals surface area contributed by atoms with E-state index in [1.165, 1.54) is 0 Å². The van der Waals surface area contributed by atoms with Crippen molar-refractivity contribution in [2.24, 2.45) is 5.73 Å². The van der Waals surface area contributed by atoms with Crippen molar-refractivity contribution in [3.63, 3.8) is 0 Å². The summed E-state index contributed by atoms with van der Waals surface area (Å²) in [5.74, 6) is -0.561. The average Bonchev–Trinajstić information content (AvgIpc) is 2.50. The van der Waals surface area contributed by atoms with Crippen LogP contribution >= 0.6 is 0 Å². The van der Waals surface area contributed by atoms with Gasteiger partial charge in [0.1, 0.15) is 11.8 Å². The number of nitrogens with zero attached hydrogens (tertiary/aromatic N) is 1. The van der Waals surface area contributed by atoms with Gasteiger partial charge in [0.05, 0.1) is 11.1 Å². The Morgan fingerprint density at radius 2 is 2.29 bits per heavy atom. The molecule has 0 saturated heterocycles. The minimum Gasteiger partial charge on any atom is -0.480 e. The zero-order valence-corrected chi connectivity index (χ0v) is 8.44. The molecule has 1 atom stereocenters. The Balaban J connectivity index is 3.01. The van der Waals surface area contributed by atoms with E-state index in [1.54, 1.807) is 26.8 Å². The Kier molecular flexibility index (Phi) is 2.62. The number of hydrogen-bond donors (Lipinski definition) is 2. The number of aliphatic carboxylic acids is 1. The predicted molar refractivity (Wildman–Crippen MR) is 49.9 cm³/mol. The zero-order valence-electron chi connectivity index (χ0n) is 8.44. The topological polar surface area (TPSA) is 89.4 Å². The summed E-state index contributed by atoms with van der Waals surface area (Å²) >= 11 is 0. The van der Waals surface area contributed by atoms with Crippen molar-refractivity contribution in [2.75, 3.05) is 0 Å². The molecule has 1 heterocycles. The van der Waals surface area contributed by atoms with E-state index in [0.717, 1.165) is 0 Å². The maximum Gasteiger partial charge on any atom is 0.321 e. The number of aryl methyl sites for hydroxylation is 1. The molecule has 0 aliphatic carbocycles. The quantitative estimate of drug-likeness (QED) is 0.745. The molecule has 0 radical (unpaired) electrons. The third-order valence-electron chi connectivity index (χ3n) is 2.31. The molecule has 0 amide bonds. The average molecular weight is 198 g/mol. The van der Waals surface area contributed by atoms with Crippen molar-refractivity contribution >= 4 is 5.97 Å². The molecule has 0 aliphatic rings. The standard InChI is InChI=1S/C9H14N2O3/c1-5-4-6(14-11-5)9(2,3)7(10)8(12)13/h4,7H,10H2,1-3H3,(H,12,13). The number of hydrogen-bond acceptors (Lipinski definition) is 4. The lowest BCUT2D eigenvalue weighted by molar-refractivity contribution is -0.140. The fourth-order valence-corrected chi connectivity index (χ4v) is 1.13. The Hall–Kier alpha value is -1.36. The highest BCUT2D eigenvalue weighted by molar-refractivity contribution is 5.75. The second kappa shape index (κ2) is 3.42. The molecule has 0 spiro atoms. The van der Waals surface area contributed by atoms with Gasteiger partial charge < -0.3 is 15.4 Å². The first-order valence-electron chi connectivity index (χ1n) is 4.28. The fourth-order valence-electron chi connectivity index (χ4n) is 1.13. The number of nitrogens with two attached hydrogens (primary N) is 1. The largest absolute Gasteiger partial charge is 0.480 e. The van der Waals surface area contributed by atoms with E-state index in [1.807, 2.05) is 0 Å². The summed E-state index contributed by atoms with van der Waals surface area (Å²) in [6.07, 6.45) is 0. The molecule has 1 unspecified atom stereocenters. The maximum atomic E-state index is 10.7. The molecule has 0 aromatic carbocycles. The van der Waals surface area contributed by atoms with Crippen LogP contribution in [0.4, 0.5) is 0 Å². The molecular weight excluding hydrogens is 184 g/mol. The van der Waals surface area contributed by atoms with Crippen LogP contribution in [0.2, 0.25) is 0 Å². The summed E-state index contributed by atoms with van der Waals surface area (Å²) in [4.78, 5) is 10.7. The highest BCUT2D eigenvalue weighted by Gasteiger charge is 2.37. The minimum absolute atomic E-state index is 0.491. The first kappa shape index (κ1) is 10.7. The molecule has 1 aromatic heterocycles. The van der Waals surface area contributed by atoms with Crippen LogP contribution in [0.15, 0.2) is 10.6 Å². The Morgan fingerprint density at radius 1 is 1.71 bits per heavy atom. The van der Waals surface area contributed by atoms with Gasteiger partial charge in [0.25, 0.3) is 0 Å². The normalized spacial score (nSPS) is 14.0. The molecule has 0 saturated carbocycles. The maximum absolute atomic E-state index is 10.7. The first-order valence-corrected chi connectivity index (χ1v) is 4.28. The van der Waals surface area contributed by atoms with Crippen molar-refractivity contribution in [3.05, 3.63) is 17.5 Å². The van der Waals surface area contributed by atoms with Crippen LogP contribution in [0.1, 0.15) is 25.3 Å². The third kappa shape index (κ3) is 1.77. The van der Waals surface area contributed by atoms with Crippen LogP contribution < -0.4 is 5.73 Å². The Morgan fingerprint density at radius 3 is 2.64 bits per heavy atom. The lowest BCUT2D eigenvalue weighted by Gasteiger charge is -2.25. The monoisotopic (exact) mass is 198 g/mol. The molecular formula is C9H14N2O3. The lowest BCUT2D eigenvalue weighted by Crippen LogP contribution is -2.46. The number of rotatable bonds is 3. The van der Waals surface area contributed by atoms with Gasteiger partial charge in [0.15, 0.2) is 0 Å². The van der Waals surface area contributed by atoms with E-state index in [2.05, 4.69) is 5.16 Å². The predicted octanol–water partition coefficient (Wildman–Crippen LogP) is 0.673. The third-order valence-corrected chi connectivity index (χ3v) is 2.31. The van der Waals surface area contributed by atoms with E-state index in [0.29, 0.717) is 11.5 Å². The lowest BCUT2D eigenvalue weighted by atomic mass is 9.82. The molecule has 5 nitrogen and oxygen atoms in total. The second-order valence-corrected chi connectivity index (χ2v) is 3.87. The Bertz CT molecular complexity index is 344. The minimum atomic E-state index is -1.05. The molecule has 0 fully saturated rings. The zero-order chi connectivity index (χ0) is 10.9. The summed E-state index contributed by atoms with van der Waals surface area (Å²) in [6, 6.07) is 0.692. The molecule has 1 rings (SSSR count). The number of carboxylic acids is 1. The highest BCUT2D eigenvalue weighted by Crippen LogP contribution is 2.26. The fraction of sp³-hybridized carbons (Fsp3) is 0.556. The van der Waals surface area contributed by atoms with Gasteiger partial charge in [-0.15, -0.1) is 0 Å². The summed E-state index contributed by atoms with van der Waals surface area (Å²) in [6.45, 7) is 5.20. The van der Waals surface area contributed by atoms with Crippen molar-refractivity contribution in [2.45, 2.75) is 32.2 Å². The van der Waals surface area contributed by atoms with Gasteiger partial charge in [-0.2, -0.15) is 0 Å². The van der Waals surface area contributed by atoms with Crippen molar-refractivity contribution < 1.29 is 14.4 Å². The highest BCUT2D eigenvalue weighted by atomic mass is 16.5. The van der Waals surface area contributed by atoms with Crippen LogP contribution in [-0.4, -0.2) is 22.3 Å². The van der Waals surface area contributed by atoms with E-state index in [9.17, 15) is 4.79 Å². The van der Waals surface area contributed by atoms with Crippen LogP contribution in [0.25, 0.3) is 0 Å². The Labute approximate surface area is 81.9 Å². The van der Waals surface area contributed by atoms with Gasteiger partial charge >= 0.3 is 5.97 Å². The van der Waals surface area contributed by atoms with Gasteiger partial charge in [0.2, 0.25) is 0 Å². The van der Waals surface area contributed by atoms with Crippen molar-refractivity contribution in [1.82, 2.24) is 5.16 Å². The summed E-state index contributed by atoms with van der Waals surface area (Å²) < 4.78 is 5.01. The molecule has 3 N–H and O–H groups in total. The molecule has 0 aliphatic heterocycles.